The zero-order valence-electron chi connectivity index (χ0n) is 9.78. The van der Waals surface area contributed by atoms with E-state index in [1.165, 1.54) is 5.56 Å². The van der Waals surface area contributed by atoms with Crippen molar-refractivity contribution in [1.82, 2.24) is 9.97 Å². The SMILES string of the molecule is Cc1ccc(-c2nc(C)c(C)c(N)n2)cc1. The fraction of sp³-hybridized carbons (Fsp3) is 0.231. The van der Waals surface area contributed by atoms with Gasteiger partial charge in [0.25, 0.3) is 0 Å². The maximum absolute atomic E-state index is 5.84. The van der Waals surface area contributed by atoms with Gasteiger partial charge >= 0.3 is 0 Å². The van der Waals surface area contributed by atoms with Gasteiger partial charge in [-0.25, -0.2) is 9.97 Å². The van der Waals surface area contributed by atoms with Crippen molar-refractivity contribution in [1.29, 1.82) is 0 Å². The van der Waals surface area contributed by atoms with Crippen molar-refractivity contribution in [3.8, 4) is 11.4 Å². The molecule has 1 heterocycles. The van der Waals surface area contributed by atoms with Crippen molar-refractivity contribution in [3.05, 3.63) is 41.1 Å². The molecule has 16 heavy (non-hydrogen) atoms. The normalized spacial score (nSPS) is 10.4. The highest BCUT2D eigenvalue weighted by Gasteiger charge is 2.06. The average Bonchev–Trinajstić information content (AvgIpc) is 2.26. The lowest BCUT2D eigenvalue weighted by atomic mass is 10.1. The van der Waals surface area contributed by atoms with E-state index in [2.05, 4.69) is 16.9 Å². The number of rotatable bonds is 1. The van der Waals surface area contributed by atoms with Gasteiger partial charge in [-0.1, -0.05) is 29.8 Å². The number of aromatic nitrogens is 2. The van der Waals surface area contributed by atoms with E-state index in [1.807, 2.05) is 38.1 Å². The maximum atomic E-state index is 5.84. The highest BCUT2D eigenvalue weighted by Crippen LogP contribution is 2.19. The monoisotopic (exact) mass is 213 g/mol. The molecular weight excluding hydrogens is 198 g/mol. The molecule has 0 radical (unpaired) electrons. The molecule has 2 aromatic rings. The lowest BCUT2D eigenvalue weighted by molar-refractivity contribution is 1.08. The van der Waals surface area contributed by atoms with Crippen LogP contribution in [0, 0.1) is 20.8 Å². The fourth-order valence-corrected chi connectivity index (χ4v) is 1.48. The zero-order chi connectivity index (χ0) is 11.7. The summed E-state index contributed by atoms with van der Waals surface area (Å²) in [6, 6.07) is 8.12. The number of hydrogen-bond acceptors (Lipinski definition) is 3. The van der Waals surface area contributed by atoms with Crippen LogP contribution < -0.4 is 5.73 Å². The van der Waals surface area contributed by atoms with Crippen LogP contribution in [-0.4, -0.2) is 9.97 Å². The van der Waals surface area contributed by atoms with Crippen LogP contribution in [0.2, 0.25) is 0 Å². The van der Waals surface area contributed by atoms with Crippen LogP contribution in [-0.2, 0) is 0 Å². The molecule has 0 saturated carbocycles. The third-order valence-electron chi connectivity index (χ3n) is 2.74. The van der Waals surface area contributed by atoms with Crippen molar-refractivity contribution >= 4 is 5.82 Å². The smallest absolute Gasteiger partial charge is 0.161 e. The third-order valence-corrected chi connectivity index (χ3v) is 2.74. The van der Waals surface area contributed by atoms with Gasteiger partial charge in [-0.2, -0.15) is 0 Å². The third kappa shape index (κ3) is 1.89. The van der Waals surface area contributed by atoms with Crippen molar-refractivity contribution in [2.24, 2.45) is 0 Å². The molecule has 3 nitrogen and oxygen atoms in total. The van der Waals surface area contributed by atoms with Gasteiger partial charge in [-0.15, -0.1) is 0 Å². The Morgan fingerprint density at radius 1 is 0.938 bits per heavy atom. The predicted molar refractivity (Wildman–Crippen MR) is 66.1 cm³/mol. The number of hydrogen-bond donors (Lipinski definition) is 1. The van der Waals surface area contributed by atoms with Crippen LogP contribution in [0.4, 0.5) is 5.82 Å². The minimum Gasteiger partial charge on any atom is -0.383 e. The summed E-state index contributed by atoms with van der Waals surface area (Å²) in [6.07, 6.45) is 0. The Bertz CT molecular complexity index is 492. The zero-order valence-corrected chi connectivity index (χ0v) is 9.78. The molecule has 0 bridgehead atoms. The first-order chi connectivity index (χ1) is 7.58. The van der Waals surface area contributed by atoms with Gasteiger partial charge in [0.1, 0.15) is 5.82 Å². The number of benzene rings is 1. The molecule has 0 unspecified atom stereocenters. The van der Waals surface area contributed by atoms with Gasteiger partial charge in [0, 0.05) is 16.8 Å². The van der Waals surface area contributed by atoms with Gasteiger partial charge < -0.3 is 5.73 Å². The number of nitrogens with two attached hydrogens (primary N) is 1. The summed E-state index contributed by atoms with van der Waals surface area (Å²) < 4.78 is 0. The van der Waals surface area contributed by atoms with Crippen molar-refractivity contribution in [2.75, 3.05) is 5.73 Å². The van der Waals surface area contributed by atoms with E-state index in [9.17, 15) is 0 Å². The summed E-state index contributed by atoms with van der Waals surface area (Å²) in [5, 5.41) is 0. The van der Waals surface area contributed by atoms with Crippen molar-refractivity contribution < 1.29 is 0 Å². The maximum Gasteiger partial charge on any atom is 0.161 e. The van der Waals surface area contributed by atoms with Gasteiger partial charge in [-0.3, -0.25) is 0 Å². The van der Waals surface area contributed by atoms with E-state index >= 15 is 0 Å². The van der Waals surface area contributed by atoms with Crippen molar-refractivity contribution in [2.45, 2.75) is 20.8 Å². The van der Waals surface area contributed by atoms with Gasteiger partial charge in [0.2, 0.25) is 0 Å². The minimum atomic E-state index is 0.558. The summed E-state index contributed by atoms with van der Waals surface area (Å²) in [7, 11) is 0. The van der Waals surface area contributed by atoms with Gasteiger partial charge in [0.05, 0.1) is 0 Å². The molecule has 1 aromatic heterocycles. The quantitative estimate of drug-likeness (QED) is 0.792. The molecule has 0 aliphatic heterocycles. The van der Waals surface area contributed by atoms with Gasteiger partial charge in [-0.05, 0) is 20.8 Å². The fourth-order valence-electron chi connectivity index (χ4n) is 1.48. The standard InChI is InChI=1S/C13H15N3/c1-8-4-6-11(7-5-8)13-15-10(3)9(2)12(14)16-13/h4-7H,1-3H3,(H2,14,15,16). The van der Waals surface area contributed by atoms with E-state index in [-0.39, 0.29) is 0 Å². The Morgan fingerprint density at radius 3 is 2.12 bits per heavy atom. The number of nitrogen functional groups attached to an aromatic ring is 1. The molecule has 0 atom stereocenters. The molecule has 2 rings (SSSR count). The van der Waals surface area contributed by atoms with E-state index in [4.69, 9.17) is 5.73 Å². The molecule has 0 saturated heterocycles. The Kier molecular flexibility index (Phi) is 2.60. The molecule has 0 spiro atoms. The number of aryl methyl sites for hydroxylation is 2. The second kappa shape index (κ2) is 3.93. The number of nitrogens with zero attached hydrogens (tertiary/aromatic N) is 2. The summed E-state index contributed by atoms with van der Waals surface area (Å²) in [4.78, 5) is 8.74. The van der Waals surface area contributed by atoms with E-state index in [1.54, 1.807) is 0 Å². The van der Waals surface area contributed by atoms with Crippen LogP contribution in [0.25, 0.3) is 11.4 Å². The van der Waals surface area contributed by atoms with Crippen molar-refractivity contribution in [3.63, 3.8) is 0 Å². The molecule has 3 heteroatoms. The Hall–Kier alpha value is -1.90. The van der Waals surface area contributed by atoms with Crippen LogP contribution in [0.1, 0.15) is 16.8 Å². The molecule has 0 fully saturated rings. The summed E-state index contributed by atoms with van der Waals surface area (Å²) >= 11 is 0. The summed E-state index contributed by atoms with van der Waals surface area (Å²) in [5.41, 5.74) is 9.95. The van der Waals surface area contributed by atoms with E-state index in [0.29, 0.717) is 11.6 Å². The Balaban J connectivity index is 2.52. The van der Waals surface area contributed by atoms with Gasteiger partial charge in [0.15, 0.2) is 5.82 Å². The topological polar surface area (TPSA) is 51.8 Å². The lowest BCUT2D eigenvalue weighted by Crippen LogP contribution is -2.01. The van der Waals surface area contributed by atoms with Crippen LogP contribution >= 0.6 is 0 Å². The molecule has 2 N–H and O–H groups in total. The van der Waals surface area contributed by atoms with Crippen LogP contribution in [0.3, 0.4) is 0 Å². The second-order valence-corrected chi connectivity index (χ2v) is 4.01. The molecule has 0 amide bonds. The predicted octanol–water partition coefficient (Wildman–Crippen LogP) is 2.65. The Morgan fingerprint density at radius 2 is 1.56 bits per heavy atom. The summed E-state index contributed by atoms with van der Waals surface area (Å²) in [5.74, 6) is 1.25. The van der Waals surface area contributed by atoms with E-state index < -0.39 is 0 Å². The van der Waals surface area contributed by atoms with Crippen LogP contribution in [0.15, 0.2) is 24.3 Å². The molecular formula is C13H15N3. The molecule has 0 aliphatic carbocycles. The Labute approximate surface area is 95.4 Å². The van der Waals surface area contributed by atoms with Crippen LogP contribution in [0.5, 0.6) is 0 Å². The average molecular weight is 213 g/mol. The molecule has 82 valence electrons. The first-order valence-corrected chi connectivity index (χ1v) is 5.25. The minimum absolute atomic E-state index is 0.558. The second-order valence-electron chi connectivity index (χ2n) is 4.01. The largest absolute Gasteiger partial charge is 0.383 e. The molecule has 0 aliphatic rings. The molecule has 1 aromatic carbocycles. The van der Waals surface area contributed by atoms with E-state index in [0.717, 1.165) is 16.8 Å². The highest BCUT2D eigenvalue weighted by atomic mass is 14.9. The first kappa shape index (κ1) is 10.6. The highest BCUT2D eigenvalue weighted by molar-refractivity contribution is 5.58. The summed E-state index contributed by atoms with van der Waals surface area (Å²) in [6.45, 7) is 5.94. The lowest BCUT2D eigenvalue weighted by Gasteiger charge is -2.06. The first-order valence-electron chi connectivity index (χ1n) is 5.25. The number of anilines is 1.